The zero-order valence-electron chi connectivity index (χ0n) is 9.95. The highest BCUT2D eigenvalue weighted by molar-refractivity contribution is 9.10. The minimum Gasteiger partial charge on any atom is -0.345 e. The fourth-order valence-electron chi connectivity index (χ4n) is 1.75. The first kappa shape index (κ1) is 12.9. The van der Waals surface area contributed by atoms with E-state index in [1.54, 1.807) is 11.3 Å². The Morgan fingerprint density at radius 3 is 3.00 bits per heavy atom. The van der Waals surface area contributed by atoms with E-state index in [9.17, 15) is 0 Å². The second-order valence-corrected chi connectivity index (χ2v) is 5.85. The maximum Gasteiger partial charge on any atom is 0.0578 e. The Morgan fingerprint density at radius 1 is 1.41 bits per heavy atom. The van der Waals surface area contributed by atoms with Crippen molar-refractivity contribution in [3.05, 3.63) is 44.8 Å². The van der Waals surface area contributed by atoms with Crippen LogP contribution in [0.3, 0.4) is 0 Å². The van der Waals surface area contributed by atoms with Gasteiger partial charge in [0.15, 0.2) is 0 Å². The van der Waals surface area contributed by atoms with Gasteiger partial charge in [0.2, 0.25) is 0 Å². The smallest absolute Gasteiger partial charge is 0.0578 e. The molecule has 0 saturated heterocycles. The molecule has 0 unspecified atom stereocenters. The average Bonchev–Trinajstić information content (AvgIpc) is 2.91. The average molecular weight is 313 g/mol. The number of halogens is 1. The van der Waals surface area contributed by atoms with Crippen LogP contribution >= 0.6 is 27.3 Å². The van der Waals surface area contributed by atoms with Gasteiger partial charge in [0.25, 0.3) is 0 Å². The molecule has 2 aromatic heterocycles. The molecule has 0 atom stereocenters. The van der Waals surface area contributed by atoms with Crippen molar-refractivity contribution in [1.82, 2.24) is 9.88 Å². The van der Waals surface area contributed by atoms with Crippen molar-refractivity contribution in [1.29, 1.82) is 0 Å². The molecule has 2 aromatic rings. The van der Waals surface area contributed by atoms with Crippen LogP contribution in [0.4, 0.5) is 0 Å². The zero-order chi connectivity index (χ0) is 12.1. The van der Waals surface area contributed by atoms with Gasteiger partial charge in [-0.2, -0.15) is 0 Å². The predicted octanol–water partition coefficient (Wildman–Crippen LogP) is 3.86. The summed E-state index contributed by atoms with van der Waals surface area (Å²) in [7, 11) is 0. The highest BCUT2D eigenvalue weighted by atomic mass is 79.9. The lowest BCUT2D eigenvalue weighted by Crippen LogP contribution is -2.16. The van der Waals surface area contributed by atoms with E-state index in [1.807, 2.05) is 0 Å². The molecular weight excluding hydrogens is 296 g/mol. The summed E-state index contributed by atoms with van der Waals surface area (Å²) in [5.74, 6) is 0. The second-order valence-electron chi connectivity index (χ2n) is 4.00. The summed E-state index contributed by atoms with van der Waals surface area (Å²) in [5.41, 5.74) is 1.35. The van der Waals surface area contributed by atoms with Crippen LogP contribution in [0.2, 0.25) is 0 Å². The number of hydrogen-bond acceptors (Lipinski definition) is 2. The Kier molecular flexibility index (Phi) is 4.83. The van der Waals surface area contributed by atoms with Gasteiger partial charge in [-0.3, -0.25) is 0 Å². The number of nitrogens with zero attached hydrogens (tertiary/aromatic N) is 1. The highest BCUT2D eigenvalue weighted by Gasteiger charge is 2.05. The molecular formula is C13H17BrN2S. The summed E-state index contributed by atoms with van der Waals surface area (Å²) >= 11 is 5.38. The van der Waals surface area contributed by atoms with E-state index < -0.39 is 0 Å². The molecule has 2 heterocycles. The van der Waals surface area contributed by atoms with Crippen molar-refractivity contribution < 1.29 is 0 Å². The van der Waals surface area contributed by atoms with Crippen LogP contribution in [-0.4, -0.2) is 11.1 Å². The first-order valence-electron chi connectivity index (χ1n) is 5.88. The van der Waals surface area contributed by atoms with Crippen LogP contribution in [0.15, 0.2) is 34.2 Å². The topological polar surface area (TPSA) is 17.0 Å². The van der Waals surface area contributed by atoms with Gasteiger partial charge in [0.05, 0.1) is 6.54 Å². The molecule has 0 saturated carbocycles. The zero-order valence-corrected chi connectivity index (χ0v) is 12.4. The van der Waals surface area contributed by atoms with Gasteiger partial charge < -0.3 is 9.88 Å². The highest BCUT2D eigenvalue weighted by Crippen LogP contribution is 2.24. The number of aromatic nitrogens is 1. The molecule has 0 aliphatic rings. The summed E-state index contributed by atoms with van der Waals surface area (Å²) in [4.78, 5) is 1.37. The van der Waals surface area contributed by atoms with Crippen molar-refractivity contribution >= 4 is 27.3 Å². The lowest BCUT2D eigenvalue weighted by Gasteiger charge is -2.09. The van der Waals surface area contributed by atoms with E-state index >= 15 is 0 Å². The first-order valence-corrected chi connectivity index (χ1v) is 7.55. The normalized spacial score (nSPS) is 10.9. The number of hydrogen-bond donors (Lipinski definition) is 1. The van der Waals surface area contributed by atoms with Crippen molar-refractivity contribution in [3.8, 4) is 0 Å². The molecule has 17 heavy (non-hydrogen) atoms. The first-order chi connectivity index (χ1) is 8.31. The maximum atomic E-state index is 3.58. The van der Waals surface area contributed by atoms with Crippen LogP contribution in [0.1, 0.15) is 23.9 Å². The SMILES string of the molecule is CCCNCc1cccn1Cc1sccc1Br. The minimum atomic E-state index is 0.948. The van der Waals surface area contributed by atoms with Gasteiger partial charge in [0, 0.05) is 27.8 Å². The van der Waals surface area contributed by atoms with E-state index in [-0.39, 0.29) is 0 Å². The molecule has 0 radical (unpaired) electrons. The van der Waals surface area contributed by atoms with Crippen molar-refractivity contribution in [2.75, 3.05) is 6.54 Å². The van der Waals surface area contributed by atoms with E-state index in [0.29, 0.717) is 0 Å². The molecule has 0 aliphatic carbocycles. The van der Waals surface area contributed by atoms with E-state index in [0.717, 1.165) is 19.6 Å². The third kappa shape index (κ3) is 3.44. The standard InChI is InChI=1S/C13H17BrN2S/c1-2-6-15-9-11-4-3-7-16(11)10-13-12(14)5-8-17-13/h3-5,7-8,15H,2,6,9-10H2,1H3. The Morgan fingerprint density at radius 2 is 2.29 bits per heavy atom. The van der Waals surface area contributed by atoms with Crippen LogP contribution < -0.4 is 5.32 Å². The molecule has 92 valence electrons. The van der Waals surface area contributed by atoms with Gasteiger partial charge in [-0.15, -0.1) is 11.3 Å². The lowest BCUT2D eigenvalue weighted by molar-refractivity contribution is 0.631. The summed E-state index contributed by atoms with van der Waals surface area (Å²) in [6, 6.07) is 6.41. The quantitative estimate of drug-likeness (QED) is 0.801. The monoisotopic (exact) mass is 312 g/mol. The van der Waals surface area contributed by atoms with E-state index in [1.165, 1.54) is 21.5 Å². The minimum absolute atomic E-state index is 0.948. The Bertz CT molecular complexity index is 461. The Hall–Kier alpha value is -0.580. The summed E-state index contributed by atoms with van der Waals surface area (Å²) in [5, 5.41) is 5.57. The van der Waals surface area contributed by atoms with Crippen LogP contribution in [0, 0.1) is 0 Å². The second kappa shape index (κ2) is 6.38. The van der Waals surface area contributed by atoms with Gasteiger partial charge in [0.1, 0.15) is 0 Å². The van der Waals surface area contributed by atoms with Crippen molar-refractivity contribution in [3.63, 3.8) is 0 Å². The summed E-state index contributed by atoms with van der Waals surface area (Å²) < 4.78 is 3.52. The van der Waals surface area contributed by atoms with Gasteiger partial charge in [-0.05, 0) is 52.5 Å². The maximum absolute atomic E-state index is 3.58. The summed E-state index contributed by atoms with van der Waals surface area (Å²) in [6.07, 6.45) is 3.33. The number of thiophene rings is 1. The molecule has 0 spiro atoms. The number of rotatable bonds is 6. The molecule has 0 fully saturated rings. The number of nitrogens with one attached hydrogen (secondary N) is 1. The molecule has 4 heteroatoms. The lowest BCUT2D eigenvalue weighted by atomic mass is 10.4. The molecule has 0 aromatic carbocycles. The third-order valence-corrected chi connectivity index (χ3v) is 4.57. The summed E-state index contributed by atoms with van der Waals surface area (Å²) in [6.45, 7) is 5.17. The van der Waals surface area contributed by atoms with Gasteiger partial charge >= 0.3 is 0 Å². The van der Waals surface area contributed by atoms with Crippen molar-refractivity contribution in [2.45, 2.75) is 26.4 Å². The van der Waals surface area contributed by atoms with Gasteiger partial charge in [-0.25, -0.2) is 0 Å². The van der Waals surface area contributed by atoms with Crippen molar-refractivity contribution in [2.24, 2.45) is 0 Å². The fraction of sp³-hybridized carbons (Fsp3) is 0.385. The molecule has 0 amide bonds. The molecule has 0 bridgehead atoms. The van der Waals surface area contributed by atoms with E-state index in [4.69, 9.17) is 0 Å². The molecule has 1 N–H and O–H groups in total. The molecule has 2 rings (SSSR count). The Balaban J connectivity index is 2.01. The molecule has 2 nitrogen and oxygen atoms in total. The molecule has 0 aliphatic heterocycles. The van der Waals surface area contributed by atoms with E-state index in [2.05, 4.69) is 62.5 Å². The van der Waals surface area contributed by atoms with Crippen LogP contribution in [0.25, 0.3) is 0 Å². The largest absolute Gasteiger partial charge is 0.345 e. The third-order valence-electron chi connectivity index (χ3n) is 2.66. The predicted molar refractivity (Wildman–Crippen MR) is 77.6 cm³/mol. The van der Waals surface area contributed by atoms with Crippen LogP contribution in [-0.2, 0) is 13.1 Å². The Labute approximate surface area is 115 Å². The fourth-order valence-corrected chi connectivity index (χ4v) is 3.23. The van der Waals surface area contributed by atoms with Crippen LogP contribution in [0.5, 0.6) is 0 Å². The van der Waals surface area contributed by atoms with Gasteiger partial charge in [-0.1, -0.05) is 6.92 Å².